The number of likely N-dealkylation sites (N-methyl/N-ethyl adjacent to an activating group) is 1. The number of hydrogen-bond donors (Lipinski definition) is 0. The van der Waals surface area contributed by atoms with Crippen molar-refractivity contribution in [1.82, 2.24) is 4.90 Å². The number of amides is 1. The van der Waals surface area contributed by atoms with E-state index in [0.717, 1.165) is 11.1 Å². The average molecular weight is 397 g/mol. The van der Waals surface area contributed by atoms with Crippen molar-refractivity contribution in [3.8, 4) is 11.5 Å². The number of rotatable bonds is 9. The second-order valence-electron chi connectivity index (χ2n) is 6.51. The third-order valence-corrected chi connectivity index (χ3v) is 4.19. The number of ether oxygens (including phenoxy) is 3. The number of carbonyl (C=O) groups excluding carboxylic acids is 2. The SMILES string of the molecule is C/C=C/c1ccc(OCC(=O)O[C@H](C)C(=O)N(C)Cc2ccccc2)c(OC)c1. The molecule has 2 aromatic rings. The summed E-state index contributed by atoms with van der Waals surface area (Å²) in [6, 6.07) is 15.0. The maximum atomic E-state index is 12.4. The number of benzene rings is 2. The van der Waals surface area contributed by atoms with Crippen molar-refractivity contribution in [3.05, 3.63) is 65.7 Å². The van der Waals surface area contributed by atoms with Crippen LogP contribution in [0.2, 0.25) is 0 Å². The number of nitrogens with zero attached hydrogens (tertiary/aromatic N) is 1. The Bertz CT molecular complexity index is 848. The van der Waals surface area contributed by atoms with E-state index in [2.05, 4.69) is 0 Å². The first-order chi connectivity index (χ1) is 13.9. The molecule has 0 aromatic heterocycles. The number of methoxy groups -OCH3 is 1. The second kappa shape index (κ2) is 10.9. The van der Waals surface area contributed by atoms with Crippen molar-refractivity contribution in [1.29, 1.82) is 0 Å². The molecular formula is C23H27NO5. The van der Waals surface area contributed by atoms with E-state index in [4.69, 9.17) is 14.2 Å². The van der Waals surface area contributed by atoms with Gasteiger partial charge in [-0.1, -0.05) is 48.6 Å². The molecule has 6 nitrogen and oxygen atoms in total. The Kier molecular flexibility index (Phi) is 8.27. The molecular weight excluding hydrogens is 370 g/mol. The average Bonchev–Trinajstić information content (AvgIpc) is 2.72. The van der Waals surface area contributed by atoms with E-state index in [-0.39, 0.29) is 12.5 Å². The van der Waals surface area contributed by atoms with Crippen molar-refractivity contribution >= 4 is 18.0 Å². The normalized spacial score (nSPS) is 11.7. The fourth-order valence-electron chi connectivity index (χ4n) is 2.76. The van der Waals surface area contributed by atoms with Gasteiger partial charge in [-0.15, -0.1) is 0 Å². The highest BCUT2D eigenvalue weighted by Crippen LogP contribution is 2.28. The Morgan fingerprint density at radius 1 is 1.10 bits per heavy atom. The fourth-order valence-corrected chi connectivity index (χ4v) is 2.76. The van der Waals surface area contributed by atoms with Crippen molar-refractivity contribution < 1.29 is 23.8 Å². The first-order valence-corrected chi connectivity index (χ1v) is 9.36. The van der Waals surface area contributed by atoms with Gasteiger partial charge in [-0.2, -0.15) is 0 Å². The largest absolute Gasteiger partial charge is 0.493 e. The van der Waals surface area contributed by atoms with Crippen molar-refractivity contribution in [2.75, 3.05) is 20.8 Å². The van der Waals surface area contributed by atoms with Gasteiger partial charge in [-0.25, -0.2) is 4.79 Å². The summed E-state index contributed by atoms with van der Waals surface area (Å²) < 4.78 is 16.0. The second-order valence-corrected chi connectivity index (χ2v) is 6.51. The first kappa shape index (κ1) is 22.0. The van der Waals surface area contributed by atoms with E-state index in [1.54, 1.807) is 20.0 Å². The van der Waals surface area contributed by atoms with E-state index in [9.17, 15) is 9.59 Å². The van der Waals surface area contributed by atoms with Gasteiger partial charge in [0.15, 0.2) is 24.2 Å². The van der Waals surface area contributed by atoms with Crippen LogP contribution in [0.5, 0.6) is 11.5 Å². The molecule has 0 fully saturated rings. The summed E-state index contributed by atoms with van der Waals surface area (Å²) in [4.78, 5) is 26.1. The molecule has 0 aliphatic heterocycles. The zero-order valence-corrected chi connectivity index (χ0v) is 17.3. The Hall–Kier alpha value is -3.28. The predicted molar refractivity (Wildman–Crippen MR) is 112 cm³/mol. The third kappa shape index (κ3) is 6.68. The topological polar surface area (TPSA) is 65.1 Å². The van der Waals surface area contributed by atoms with E-state index in [1.807, 2.05) is 61.5 Å². The van der Waals surface area contributed by atoms with Gasteiger partial charge in [0.2, 0.25) is 0 Å². The summed E-state index contributed by atoms with van der Waals surface area (Å²) in [6.45, 7) is 3.59. The molecule has 29 heavy (non-hydrogen) atoms. The maximum Gasteiger partial charge on any atom is 0.344 e. The van der Waals surface area contributed by atoms with Crippen molar-refractivity contribution in [3.63, 3.8) is 0 Å². The molecule has 0 radical (unpaired) electrons. The van der Waals surface area contributed by atoms with E-state index >= 15 is 0 Å². The molecule has 2 aromatic carbocycles. The summed E-state index contributed by atoms with van der Waals surface area (Å²) in [5.41, 5.74) is 1.96. The number of esters is 1. The Morgan fingerprint density at radius 3 is 2.48 bits per heavy atom. The lowest BCUT2D eigenvalue weighted by Crippen LogP contribution is -2.37. The van der Waals surface area contributed by atoms with Crippen LogP contribution in [-0.4, -0.2) is 43.6 Å². The van der Waals surface area contributed by atoms with Crippen LogP contribution < -0.4 is 9.47 Å². The summed E-state index contributed by atoms with van der Waals surface area (Å²) in [7, 11) is 3.20. The molecule has 0 heterocycles. The van der Waals surface area contributed by atoms with Crippen LogP contribution in [0.25, 0.3) is 6.08 Å². The molecule has 0 bridgehead atoms. The lowest BCUT2D eigenvalue weighted by atomic mass is 10.2. The van der Waals surface area contributed by atoms with Crippen LogP contribution in [-0.2, 0) is 20.9 Å². The van der Waals surface area contributed by atoms with Gasteiger partial charge < -0.3 is 19.1 Å². The van der Waals surface area contributed by atoms with E-state index in [1.165, 1.54) is 12.0 Å². The summed E-state index contributed by atoms with van der Waals surface area (Å²) in [6.07, 6.45) is 2.94. The van der Waals surface area contributed by atoms with Crippen molar-refractivity contribution in [2.45, 2.75) is 26.5 Å². The molecule has 0 saturated carbocycles. The van der Waals surface area contributed by atoms with Crippen LogP contribution in [0.15, 0.2) is 54.6 Å². The molecule has 6 heteroatoms. The minimum absolute atomic E-state index is 0.282. The van der Waals surface area contributed by atoms with E-state index in [0.29, 0.717) is 18.0 Å². The highest BCUT2D eigenvalue weighted by atomic mass is 16.6. The van der Waals surface area contributed by atoms with Crippen LogP contribution in [0.1, 0.15) is 25.0 Å². The zero-order valence-electron chi connectivity index (χ0n) is 17.3. The van der Waals surface area contributed by atoms with Gasteiger partial charge in [0.05, 0.1) is 7.11 Å². The summed E-state index contributed by atoms with van der Waals surface area (Å²) >= 11 is 0. The monoisotopic (exact) mass is 397 g/mol. The van der Waals surface area contributed by atoms with Gasteiger partial charge in [0, 0.05) is 13.6 Å². The van der Waals surface area contributed by atoms with Gasteiger partial charge in [0.25, 0.3) is 5.91 Å². The molecule has 0 aliphatic rings. The lowest BCUT2D eigenvalue weighted by Gasteiger charge is -2.21. The van der Waals surface area contributed by atoms with Crippen LogP contribution in [0, 0.1) is 0 Å². The van der Waals surface area contributed by atoms with Gasteiger partial charge in [-0.05, 0) is 37.1 Å². The highest BCUT2D eigenvalue weighted by Gasteiger charge is 2.22. The quantitative estimate of drug-likeness (QED) is 0.604. The lowest BCUT2D eigenvalue weighted by molar-refractivity contribution is -0.160. The Labute approximate surface area is 171 Å². The first-order valence-electron chi connectivity index (χ1n) is 9.36. The van der Waals surface area contributed by atoms with Gasteiger partial charge >= 0.3 is 5.97 Å². The Morgan fingerprint density at radius 2 is 1.83 bits per heavy atom. The van der Waals surface area contributed by atoms with Crippen molar-refractivity contribution in [2.24, 2.45) is 0 Å². The van der Waals surface area contributed by atoms with Gasteiger partial charge in [0.1, 0.15) is 0 Å². The van der Waals surface area contributed by atoms with Crippen LogP contribution in [0.4, 0.5) is 0 Å². The molecule has 2 rings (SSSR count). The molecule has 0 saturated heterocycles. The fraction of sp³-hybridized carbons (Fsp3) is 0.304. The predicted octanol–water partition coefficient (Wildman–Crippen LogP) is 3.70. The number of hydrogen-bond acceptors (Lipinski definition) is 5. The van der Waals surface area contributed by atoms with Gasteiger partial charge in [-0.3, -0.25) is 4.79 Å². The minimum atomic E-state index is -0.904. The molecule has 0 aliphatic carbocycles. The number of allylic oxidation sites excluding steroid dienone is 1. The molecule has 1 amide bonds. The molecule has 0 N–H and O–H groups in total. The standard InChI is InChI=1S/C23H27NO5/c1-5-9-18-12-13-20(21(14-18)27-4)28-16-22(25)29-17(2)23(26)24(3)15-19-10-7-6-8-11-19/h5-14,17H,15-16H2,1-4H3/b9-5+/t17-/m1/s1. The highest BCUT2D eigenvalue weighted by molar-refractivity contribution is 5.83. The minimum Gasteiger partial charge on any atom is -0.493 e. The summed E-state index contributed by atoms with van der Waals surface area (Å²) in [5, 5.41) is 0. The zero-order chi connectivity index (χ0) is 21.2. The summed E-state index contributed by atoms with van der Waals surface area (Å²) in [5.74, 6) is 0.0343. The molecule has 154 valence electrons. The number of carbonyl (C=O) groups is 2. The smallest absolute Gasteiger partial charge is 0.344 e. The molecule has 0 unspecified atom stereocenters. The molecule has 1 atom stereocenters. The van der Waals surface area contributed by atoms with E-state index < -0.39 is 12.1 Å². The molecule has 0 spiro atoms. The van der Waals surface area contributed by atoms with Crippen LogP contribution in [0.3, 0.4) is 0 Å². The Balaban J connectivity index is 1.87. The maximum absolute atomic E-state index is 12.4. The third-order valence-electron chi connectivity index (χ3n) is 4.19. The van der Waals surface area contributed by atoms with Crippen LogP contribution >= 0.6 is 0 Å².